The van der Waals surface area contributed by atoms with Gasteiger partial charge in [0.1, 0.15) is 6.04 Å². The SMILES string of the molecule is CCN(CC)c1ccc([C@@H](N2CCNCC2)C(F)(F)F)cc1.Cl.Cl. The van der Waals surface area contributed by atoms with E-state index >= 15 is 0 Å². The van der Waals surface area contributed by atoms with Gasteiger partial charge in [-0.2, -0.15) is 13.2 Å². The largest absolute Gasteiger partial charge is 0.408 e. The van der Waals surface area contributed by atoms with Crippen LogP contribution in [-0.4, -0.2) is 50.3 Å². The van der Waals surface area contributed by atoms with Gasteiger partial charge in [-0.1, -0.05) is 12.1 Å². The third-order valence-corrected chi connectivity index (χ3v) is 4.16. The van der Waals surface area contributed by atoms with Crippen LogP contribution in [0.1, 0.15) is 25.5 Å². The summed E-state index contributed by atoms with van der Waals surface area (Å²) in [5.41, 5.74) is 1.29. The molecule has 1 aliphatic rings. The molecule has 3 nitrogen and oxygen atoms in total. The minimum Gasteiger partial charge on any atom is -0.372 e. The van der Waals surface area contributed by atoms with Crippen LogP contribution in [0.2, 0.25) is 0 Å². The number of hydrogen-bond donors (Lipinski definition) is 1. The summed E-state index contributed by atoms with van der Waals surface area (Å²) in [7, 11) is 0. The van der Waals surface area contributed by atoms with Crippen molar-refractivity contribution in [1.29, 1.82) is 0 Å². The van der Waals surface area contributed by atoms with Crippen LogP contribution in [-0.2, 0) is 0 Å². The Morgan fingerprint density at radius 3 is 1.96 bits per heavy atom. The second kappa shape index (κ2) is 10.3. The molecule has 8 heteroatoms. The molecule has 1 fully saturated rings. The Bertz CT molecular complexity index is 459. The first-order valence-corrected chi connectivity index (χ1v) is 7.83. The molecule has 1 aromatic carbocycles. The lowest BCUT2D eigenvalue weighted by Gasteiger charge is -2.36. The first-order chi connectivity index (χ1) is 10.5. The van der Waals surface area contributed by atoms with Crippen molar-refractivity contribution in [3.8, 4) is 0 Å². The van der Waals surface area contributed by atoms with Crippen LogP contribution in [0.15, 0.2) is 24.3 Å². The van der Waals surface area contributed by atoms with E-state index in [-0.39, 0.29) is 24.8 Å². The van der Waals surface area contributed by atoms with Crippen molar-refractivity contribution in [3.05, 3.63) is 29.8 Å². The predicted molar refractivity (Wildman–Crippen MR) is 97.7 cm³/mol. The number of rotatable bonds is 5. The second-order valence-electron chi connectivity index (χ2n) is 5.49. The normalized spacial score (nSPS) is 16.7. The molecule has 0 spiro atoms. The number of alkyl halides is 3. The highest BCUT2D eigenvalue weighted by Gasteiger charge is 2.44. The van der Waals surface area contributed by atoms with E-state index in [1.54, 1.807) is 24.3 Å². The molecular weight excluding hydrogens is 362 g/mol. The van der Waals surface area contributed by atoms with E-state index < -0.39 is 12.2 Å². The Morgan fingerprint density at radius 2 is 1.54 bits per heavy atom. The zero-order chi connectivity index (χ0) is 16.2. The van der Waals surface area contributed by atoms with Gasteiger partial charge in [0.15, 0.2) is 0 Å². The molecule has 0 saturated carbocycles. The number of halogens is 5. The van der Waals surface area contributed by atoms with Crippen LogP contribution in [0, 0.1) is 0 Å². The van der Waals surface area contributed by atoms with E-state index in [1.165, 1.54) is 4.90 Å². The molecular formula is C16H26Cl2F3N3. The Hall–Kier alpha value is -0.690. The number of hydrogen-bond acceptors (Lipinski definition) is 3. The average molecular weight is 388 g/mol. The van der Waals surface area contributed by atoms with Gasteiger partial charge in [-0.05, 0) is 31.5 Å². The van der Waals surface area contributed by atoms with E-state index in [2.05, 4.69) is 10.2 Å². The summed E-state index contributed by atoms with van der Waals surface area (Å²) in [4.78, 5) is 3.64. The molecule has 1 saturated heterocycles. The molecule has 1 heterocycles. The summed E-state index contributed by atoms with van der Waals surface area (Å²) < 4.78 is 40.5. The van der Waals surface area contributed by atoms with Gasteiger partial charge in [-0.3, -0.25) is 4.90 Å². The van der Waals surface area contributed by atoms with Crippen molar-refractivity contribution in [2.24, 2.45) is 0 Å². The summed E-state index contributed by atoms with van der Waals surface area (Å²) in [6.45, 7) is 7.80. The fourth-order valence-corrected chi connectivity index (χ4v) is 3.00. The number of piperazine rings is 1. The van der Waals surface area contributed by atoms with E-state index in [4.69, 9.17) is 0 Å². The lowest BCUT2D eigenvalue weighted by atomic mass is 10.0. The average Bonchev–Trinajstić information content (AvgIpc) is 2.50. The fraction of sp³-hybridized carbons (Fsp3) is 0.625. The van der Waals surface area contributed by atoms with Gasteiger partial charge in [-0.25, -0.2) is 0 Å². The summed E-state index contributed by atoms with van der Waals surface area (Å²) in [5, 5.41) is 3.10. The second-order valence-corrected chi connectivity index (χ2v) is 5.49. The van der Waals surface area contributed by atoms with Gasteiger partial charge in [0, 0.05) is 45.0 Å². The van der Waals surface area contributed by atoms with Crippen molar-refractivity contribution >= 4 is 30.5 Å². The summed E-state index contributed by atoms with van der Waals surface area (Å²) in [6, 6.07) is 5.31. The molecule has 0 aromatic heterocycles. The molecule has 1 N–H and O–H groups in total. The molecule has 0 aliphatic carbocycles. The Balaban J connectivity index is 0.00000264. The van der Waals surface area contributed by atoms with Gasteiger partial charge in [-0.15, -0.1) is 24.8 Å². The predicted octanol–water partition coefficient (Wildman–Crippen LogP) is 3.89. The molecule has 1 aromatic rings. The quantitative estimate of drug-likeness (QED) is 0.826. The van der Waals surface area contributed by atoms with Gasteiger partial charge >= 0.3 is 6.18 Å². The minimum atomic E-state index is -4.26. The number of benzene rings is 1. The molecule has 0 amide bonds. The smallest absolute Gasteiger partial charge is 0.372 e. The minimum absolute atomic E-state index is 0. The molecule has 0 unspecified atom stereocenters. The number of nitrogens with one attached hydrogen (secondary N) is 1. The van der Waals surface area contributed by atoms with Crippen LogP contribution in [0.25, 0.3) is 0 Å². The fourth-order valence-electron chi connectivity index (χ4n) is 3.00. The van der Waals surface area contributed by atoms with E-state index in [1.807, 2.05) is 13.8 Å². The summed E-state index contributed by atoms with van der Waals surface area (Å²) in [6.07, 6.45) is -4.26. The van der Waals surface area contributed by atoms with Crippen LogP contribution >= 0.6 is 24.8 Å². The molecule has 2 rings (SSSR count). The highest BCUT2D eigenvalue weighted by atomic mass is 35.5. The summed E-state index contributed by atoms with van der Waals surface area (Å²) >= 11 is 0. The molecule has 24 heavy (non-hydrogen) atoms. The zero-order valence-corrected chi connectivity index (χ0v) is 15.6. The maximum atomic E-state index is 13.5. The molecule has 0 radical (unpaired) electrons. The Labute approximate surface area is 154 Å². The third kappa shape index (κ3) is 5.69. The number of anilines is 1. The van der Waals surface area contributed by atoms with Crippen molar-refractivity contribution in [1.82, 2.24) is 10.2 Å². The number of nitrogens with zero attached hydrogens (tertiary/aromatic N) is 2. The van der Waals surface area contributed by atoms with Gasteiger partial charge < -0.3 is 10.2 Å². The molecule has 1 atom stereocenters. The van der Waals surface area contributed by atoms with Gasteiger partial charge in [0.25, 0.3) is 0 Å². The lowest BCUT2D eigenvalue weighted by molar-refractivity contribution is -0.187. The third-order valence-electron chi connectivity index (χ3n) is 4.16. The molecule has 140 valence electrons. The lowest BCUT2D eigenvalue weighted by Crippen LogP contribution is -2.49. The Kier molecular flexibility index (Phi) is 10.0. The maximum absolute atomic E-state index is 13.5. The zero-order valence-electron chi connectivity index (χ0n) is 14.0. The van der Waals surface area contributed by atoms with Crippen LogP contribution in [0.4, 0.5) is 18.9 Å². The Morgan fingerprint density at radius 1 is 1.04 bits per heavy atom. The van der Waals surface area contributed by atoms with Crippen molar-refractivity contribution < 1.29 is 13.2 Å². The maximum Gasteiger partial charge on any atom is 0.408 e. The van der Waals surface area contributed by atoms with Gasteiger partial charge in [0.05, 0.1) is 0 Å². The first kappa shape index (κ1) is 23.3. The highest BCUT2D eigenvalue weighted by molar-refractivity contribution is 5.85. The van der Waals surface area contributed by atoms with Crippen LogP contribution in [0.3, 0.4) is 0 Å². The van der Waals surface area contributed by atoms with E-state index in [0.29, 0.717) is 31.7 Å². The van der Waals surface area contributed by atoms with Crippen molar-refractivity contribution in [3.63, 3.8) is 0 Å². The van der Waals surface area contributed by atoms with Gasteiger partial charge in [0.2, 0.25) is 0 Å². The summed E-state index contributed by atoms with van der Waals surface area (Å²) in [5.74, 6) is 0. The van der Waals surface area contributed by atoms with Crippen molar-refractivity contribution in [2.75, 3.05) is 44.2 Å². The molecule has 1 aliphatic heterocycles. The van der Waals surface area contributed by atoms with Crippen LogP contribution < -0.4 is 10.2 Å². The van der Waals surface area contributed by atoms with E-state index in [9.17, 15) is 13.2 Å². The van der Waals surface area contributed by atoms with Crippen molar-refractivity contribution in [2.45, 2.75) is 26.1 Å². The monoisotopic (exact) mass is 387 g/mol. The highest BCUT2D eigenvalue weighted by Crippen LogP contribution is 2.38. The molecule has 0 bridgehead atoms. The topological polar surface area (TPSA) is 18.5 Å². The van der Waals surface area contributed by atoms with Crippen LogP contribution in [0.5, 0.6) is 0 Å². The first-order valence-electron chi connectivity index (χ1n) is 7.83. The van der Waals surface area contributed by atoms with E-state index in [0.717, 1.165) is 18.8 Å². The standard InChI is InChI=1S/C16H24F3N3.2ClH/c1-3-21(4-2)14-7-5-13(6-8-14)15(16(17,18)19)22-11-9-20-10-12-22;;/h5-8,15,20H,3-4,9-12H2,1-2H3;2*1H/t15-;;/m1../s1.